The summed E-state index contributed by atoms with van der Waals surface area (Å²) in [6.07, 6.45) is 0. The number of carbonyl (C=O) groups excluding carboxylic acids is 1. The van der Waals surface area contributed by atoms with Crippen LogP contribution in [0.2, 0.25) is 5.02 Å². The molecule has 3 N–H and O–H groups in total. The van der Waals surface area contributed by atoms with Gasteiger partial charge in [0.15, 0.2) is 0 Å². The molecule has 1 amide bonds. The van der Waals surface area contributed by atoms with Crippen LogP contribution >= 0.6 is 11.6 Å². The summed E-state index contributed by atoms with van der Waals surface area (Å²) in [6, 6.07) is 14.3. The topological polar surface area (TPSA) is 70.6 Å². The molecular formula is C17H19ClN2O3. The molecule has 2 aromatic rings. The highest BCUT2D eigenvalue weighted by atomic mass is 35.5. The average Bonchev–Trinajstić information content (AvgIpc) is 2.58. The van der Waals surface area contributed by atoms with Crippen LogP contribution in [0.4, 0.5) is 5.69 Å². The van der Waals surface area contributed by atoms with Gasteiger partial charge in [0.1, 0.15) is 12.4 Å². The van der Waals surface area contributed by atoms with Crippen LogP contribution < -0.4 is 15.4 Å². The summed E-state index contributed by atoms with van der Waals surface area (Å²) >= 11 is 5.79. The number of hydrogen-bond donors (Lipinski definition) is 3. The molecule has 0 fully saturated rings. The largest absolute Gasteiger partial charge is 0.492 e. The molecule has 0 aliphatic heterocycles. The molecule has 122 valence electrons. The summed E-state index contributed by atoms with van der Waals surface area (Å²) in [5.41, 5.74) is 1.59. The second-order valence-electron chi connectivity index (χ2n) is 4.86. The molecule has 0 radical (unpaired) electrons. The Kier molecular flexibility index (Phi) is 6.72. The molecule has 5 nitrogen and oxygen atoms in total. The third kappa shape index (κ3) is 6.18. The van der Waals surface area contributed by atoms with Gasteiger partial charge in [-0.05, 0) is 42.0 Å². The molecule has 0 atom stereocenters. The van der Waals surface area contributed by atoms with Crippen LogP contribution in [0, 0.1) is 0 Å². The third-order valence-electron chi connectivity index (χ3n) is 3.07. The molecule has 0 aromatic heterocycles. The molecule has 0 aliphatic carbocycles. The highest BCUT2D eigenvalue weighted by Crippen LogP contribution is 2.15. The van der Waals surface area contributed by atoms with Crippen LogP contribution in [0.1, 0.15) is 5.56 Å². The van der Waals surface area contributed by atoms with Crippen LogP contribution in [0.25, 0.3) is 0 Å². The van der Waals surface area contributed by atoms with Gasteiger partial charge in [-0.2, -0.15) is 0 Å². The average molecular weight is 335 g/mol. The smallest absolute Gasteiger partial charge is 0.239 e. The molecule has 23 heavy (non-hydrogen) atoms. The van der Waals surface area contributed by atoms with Crippen molar-refractivity contribution in [2.75, 3.05) is 25.0 Å². The minimum Gasteiger partial charge on any atom is -0.492 e. The van der Waals surface area contributed by atoms with Crippen molar-refractivity contribution in [3.05, 3.63) is 59.1 Å². The minimum atomic E-state index is -0.126. The third-order valence-corrected chi connectivity index (χ3v) is 3.32. The summed E-state index contributed by atoms with van der Waals surface area (Å²) in [5, 5.41) is 15.5. The fraction of sp³-hybridized carbons (Fsp3) is 0.235. The lowest BCUT2D eigenvalue weighted by molar-refractivity contribution is -0.119. The molecule has 0 bridgehead atoms. The van der Waals surface area contributed by atoms with E-state index < -0.39 is 0 Å². The zero-order valence-electron chi connectivity index (χ0n) is 12.6. The standard InChI is InChI=1S/C17H19ClN2O3/c18-14-4-6-16(7-5-14)23-9-8-19-17(22)11-20-15-3-1-2-13(10-15)12-21/h1-7,10,20-21H,8-9,11-12H2,(H,19,22). The maximum atomic E-state index is 11.7. The van der Waals surface area contributed by atoms with E-state index in [0.29, 0.717) is 23.9 Å². The van der Waals surface area contributed by atoms with Crippen molar-refractivity contribution < 1.29 is 14.6 Å². The Labute approximate surface area is 140 Å². The molecule has 0 spiro atoms. The number of rotatable bonds is 8. The van der Waals surface area contributed by atoms with Crippen LogP contribution in [-0.4, -0.2) is 30.7 Å². The fourth-order valence-electron chi connectivity index (χ4n) is 1.91. The first-order chi connectivity index (χ1) is 11.2. The van der Waals surface area contributed by atoms with Gasteiger partial charge < -0.3 is 20.5 Å². The van der Waals surface area contributed by atoms with Gasteiger partial charge in [0.2, 0.25) is 5.91 Å². The maximum Gasteiger partial charge on any atom is 0.239 e. The predicted octanol–water partition coefficient (Wildman–Crippen LogP) is 2.44. The first kappa shape index (κ1) is 17.1. The molecule has 0 saturated heterocycles. The van der Waals surface area contributed by atoms with Gasteiger partial charge in [0.05, 0.1) is 19.7 Å². The molecule has 0 unspecified atom stereocenters. The Morgan fingerprint density at radius 3 is 2.70 bits per heavy atom. The van der Waals surface area contributed by atoms with Crippen molar-refractivity contribution in [3.63, 3.8) is 0 Å². The van der Waals surface area contributed by atoms with E-state index in [-0.39, 0.29) is 19.1 Å². The summed E-state index contributed by atoms with van der Waals surface area (Å²) in [4.78, 5) is 11.7. The molecule has 6 heteroatoms. The number of amides is 1. The van der Waals surface area contributed by atoms with Crippen LogP contribution in [0.15, 0.2) is 48.5 Å². The maximum absolute atomic E-state index is 11.7. The van der Waals surface area contributed by atoms with Gasteiger partial charge in [-0.3, -0.25) is 4.79 Å². The van der Waals surface area contributed by atoms with Crippen LogP contribution in [0.5, 0.6) is 5.75 Å². The van der Waals surface area contributed by atoms with Gasteiger partial charge in [-0.15, -0.1) is 0 Å². The van der Waals surface area contributed by atoms with Gasteiger partial charge in [0.25, 0.3) is 0 Å². The number of aliphatic hydroxyl groups excluding tert-OH is 1. The summed E-state index contributed by atoms with van der Waals surface area (Å²) in [5.74, 6) is 0.585. The van der Waals surface area contributed by atoms with Crippen LogP contribution in [0.3, 0.4) is 0 Å². The van der Waals surface area contributed by atoms with E-state index in [2.05, 4.69) is 10.6 Å². The lowest BCUT2D eigenvalue weighted by Crippen LogP contribution is -2.33. The monoisotopic (exact) mass is 334 g/mol. The minimum absolute atomic E-state index is 0.0241. The fourth-order valence-corrected chi connectivity index (χ4v) is 2.04. The SMILES string of the molecule is O=C(CNc1cccc(CO)c1)NCCOc1ccc(Cl)cc1. The zero-order valence-corrected chi connectivity index (χ0v) is 13.3. The van der Waals surface area contributed by atoms with Gasteiger partial charge in [-0.1, -0.05) is 23.7 Å². The second kappa shape index (κ2) is 9.02. The normalized spacial score (nSPS) is 10.2. The highest BCUT2D eigenvalue weighted by molar-refractivity contribution is 6.30. The number of hydrogen-bond acceptors (Lipinski definition) is 4. The predicted molar refractivity (Wildman–Crippen MR) is 90.8 cm³/mol. The number of aliphatic hydroxyl groups is 1. The lowest BCUT2D eigenvalue weighted by atomic mass is 10.2. The zero-order chi connectivity index (χ0) is 16.5. The number of benzene rings is 2. The van der Waals surface area contributed by atoms with Gasteiger partial charge in [-0.25, -0.2) is 0 Å². The molecule has 0 aliphatic rings. The Morgan fingerprint density at radius 1 is 1.17 bits per heavy atom. The van der Waals surface area contributed by atoms with E-state index in [4.69, 9.17) is 21.4 Å². The van der Waals surface area contributed by atoms with E-state index in [1.165, 1.54) is 0 Å². The molecule has 0 heterocycles. The summed E-state index contributed by atoms with van der Waals surface area (Å²) in [7, 11) is 0. The first-order valence-electron chi connectivity index (χ1n) is 7.26. The molecule has 0 saturated carbocycles. The number of carbonyl (C=O) groups is 1. The Morgan fingerprint density at radius 2 is 1.96 bits per heavy atom. The van der Waals surface area contributed by atoms with Crippen molar-refractivity contribution in [1.82, 2.24) is 5.32 Å². The molecule has 2 rings (SSSR count). The number of nitrogens with one attached hydrogen (secondary N) is 2. The molecular weight excluding hydrogens is 316 g/mol. The Bertz CT molecular complexity index is 632. The number of halogens is 1. The summed E-state index contributed by atoms with van der Waals surface area (Å²) < 4.78 is 5.48. The lowest BCUT2D eigenvalue weighted by Gasteiger charge is -2.09. The number of ether oxygens (including phenoxy) is 1. The second-order valence-corrected chi connectivity index (χ2v) is 5.30. The van der Waals surface area contributed by atoms with E-state index in [0.717, 1.165) is 11.3 Å². The van der Waals surface area contributed by atoms with Gasteiger partial charge >= 0.3 is 0 Å². The van der Waals surface area contributed by atoms with Crippen molar-refractivity contribution in [1.29, 1.82) is 0 Å². The highest BCUT2D eigenvalue weighted by Gasteiger charge is 2.01. The van der Waals surface area contributed by atoms with E-state index in [9.17, 15) is 4.79 Å². The van der Waals surface area contributed by atoms with Crippen molar-refractivity contribution in [2.24, 2.45) is 0 Å². The summed E-state index contributed by atoms with van der Waals surface area (Å²) in [6.45, 7) is 0.937. The van der Waals surface area contributed by atoms with Crippen LogP contribution in [-0.2, 0) is 11.4 Å². The first-order valence-corrected chi connectivity index (χ1v) is 7.64. The van der Waals surface area contributed by atoms with Gasteiger partial charge in [0, 0.05) is 10.7 Å². The van der Waals surface area contributed by atoms with Crippen molar-refractivity contribution >= 4 is 23.2 Å². The van der Waals surface area contributed by atoms with E-state index in [1.54, 1.807) is 30.3 Å². The number of anilines is 1. The van der Waals surface area contributed by atoms with Crippen molar-refractivity contribution in [2.45, 2.75) is 6.61 Å². The quantitative estimate of drug-likeness (QED) is 0.648. The van der Waals surface area contributed by atoms with Crippen molar-refractivity contribution in [3.8, 4) is 5.75 Å². The Hall–Kier alpha value is -2.24. The Balaban J connectivity index is 1.64. The van der Waals surface area contributed by atoms with E-state index in [1.807, 2.05) is 18.2 Å². The molecule has 2 aromatic carbocycles. The van der Waals surface area contributed by atoms with E-state index >= 15 is 0 Å².